The largest absolute Gasteiger partial charge is 0.379 e. The topological polar surface area (TPSA) is 183 Å². The lowest BCUT2D eigenvalue weighted by Crippen LogP contribution is -2.43. The van der Waals surface area contributed by atoms with Gasteiger partial charge < -0.3 is 40.4 Å². The Kier molecular flexibility index (Phi) is 30.2. The highest BCUT2D eigenvalue weighted by atomic mass is 32.2. The maximum atomic E-state index is 12.9. The minimum absolute atomic E-state index is 0.00195. The lowest BCUT2D eigenvalue weighted by atomic mass is 9.95. The van der Waals surface area contributed by atoms with Gasteiger partial charge in [0.05, 0.1) is 51.1 Å². The zero-order valence-electron chi connectivity index (χ0n) is 31.1. The second kappa shape index (κ2) is 31.6. The van der Waals surface area contributed by atoms with E-state index in [0.29, 0.717) is 57.0 Å². The van der Waals surface area contributed by atoms with Gasteiger partial charge in [-0.15, -0.1) is 0 Å². The number of nitrogens with zero attached hydrogens (tertiary/aromatic N) is 1. The van der Waals surface area contributed by atoms with Crippen LogP contribution in [0.4, 0.5) is 0 Å². The van der Waals surface area contributed by atoms with E-state index in [-0.39, 0.29) is 100 Å². The fourth-order valence-electron chi connectivity index (χ4n) is 3.57. The van der Waals surface area contributed by atoms with Crippen molar-refractivity contribution in [2.24, 2.45) is 5.92 Å². The number of nitrogens with one attached hydrogen (secondary N) is 4. The zero-order chi connectivity index (χ0) is 37.5. The molecule has 0 bridgehead atoms. The van der Waals surface area contributed by atoms with E-state index >= 15 is 0 Å². The Morgan fingerprint density at radius 3 is 1.56 bits per heavy atom. The molecule has 0 aliphatic carbocycles. The number of hydrogen-bond acceptors (Lipinski definition) is 12. The molecule has 0 heterocycles. The highest BCUT2D eigenvalue weighted by Gasteiger charge is 2.24. The van der Waals surface area contributed by atoms with Crippen molar-refractivity contribution in [2.45, 2.75) is 66.4 Å². The molecule has 15 nitrogen and oxygen atoms in total. The molecule has 0 radical (unpaired) electrons. The molecule has 4 N–H and O–H groups in total. The lowest BCUT2D eigenvalue weighted by Gasteiger charge is -2.27. The van der Waals surface area contributed by atoms with Gasteiger partial charge in [-0.25, -0.2) is 9.78 Å². The van der Waals surface area contributed by atoms with Gasteiger partial charge in [0.1, 0.15) is 12.2 Å². The van der Waals surface area contributed by atoms with Crippen LogP contribution in [0.25, 0.3) is 0 Å². The molecule has 0 aromatic rings. The van der Waals surface area contributed by atoms with E-state index in [0.717, 1.165) is 11.5 Å². The third kappa shape index (κ3) is 28.5. The van der Waals surface area contributed by atoms with E-state index in [1.54, 1.807) is 4.90 Å². The highest BCUT2D eigenvalue weighted by Crippen LogP contribution is 2.20. The highest BCUT2D eigenvalue weighted by molar-refractivity contribution is 8.00. The van der Waals surface area contributed by atoms with Crippen LogP contribution >= 0.6 is 23.5 Å². The molecule has 0 saturated heterocycles. The average molecular weight is 754 g/mol. The molecule has 0 unspecified atom stereocenters. The summed E-state index contributed by atoms with van der Waals surface area (Å²) >= 11 is 3.03. The van der Waals surface area contributed by atoms with E-state index in [9.17, 15) is 24.0 Å². The first-order valence-corrected chi connectivity index (χ1v) is 19.8. The summed E-state index contributed by atoms with van der Waals surface area (Å²) in [7, 11) is 0. The van der Waals surface area contributed by atoms with Crippen molar-refractivity contribution < 1.29 is 48.0 Å². The fraction of sp³-hybridized carbons (Fsp3) is 0.848. The van der Waals surface area contributed by atoms with Gasteiger partial charge in [-0.1, -0.05) is 27.7 Å². The molecule has 0 aromatic heterocycles. The van der Waals surface area contributed by atoms with E-state index < -0.39 is 0 Å². The van der Waals surface area contributed by atoms with Crippen LogP contribution in [0.3, 0.4) is 0 Å². The van der Waals surface area contributed by atoms with E-state index in [2.05, 4.69) is 35.1 Å². The van der Waals surface area contributed by atoms with Gasteiger partial charge in [0.2, 0.25) is 29.5 Å². The van der Waals surface area contributed by atoms with Crippen molar-refractivity contribution >= 4 is 53.1 Å². The molecule has 0 atom stereocenters. The number of rotatable bonds is 33. The third-order valence-corrected chi connectivity index (χ3v) is 8.91. The molecule has 0 saturated carbocycles. The summed E-state index contributed by atoms with van der Waals surface area (Å²) in [6.07, 6.45) is 0.223. The quantitative estimate of drug-likeness (QED) is 0.0430. The minimum atomic E-state index is -0.373. The predicted octanol–water partition coefficient (Wildman–Crippen LogP) is 1.39. The SMILES string of the molecule is CCSCC(=O)NCCN(CCNC(=O)CSCC)C(=O)CCC(=O)NCCOCCOCCC(=O)NCCOCCOOC(C)(C)C(C)C. The Bertz CT molecular complexity index is 921. The second-order valence-corrected chi connectivity index (χ2v) is 14.4. The van der Waals surface area contributed by atoms with Gasteiger partial charge in [0, 0.05) is 58.5 Å². The summed E-state index contributed by atoms with van der Waals surface area (Å²) in [6.45, 7) is 15.9. The van der Waals surface area contributed by atoms with Crippen molar-refractivity contribution in [3.8, 4) is 0 Å². The molecular formula is C33H63N5O10S2. The van der Waals surface area contributed by atoms with Crippen molar-refractivity contribution in [3.05, 3.63) is 0 Å². The summed E-state index contributed by atoms with van der Waals surface area (Å²) in [5.41, 5.74) is -0.373. The molecule has 50 heavy (non-hydrogen) atoms. The number of ether oxygens (including phenoxy) is 3. The Morgan fingerprint density at radius 1 is 0.600 bits per heavy atom. The van der Waals surface area contributed by atoms with Crippen LogP contribution in [0.2, 0.25) is 0 Å². The summed E-state index contributed by atoms with van der Waals surface area (Å²) in [4.78, 5) is 73.0. The molecule has 5 amide bonds. The van der Waals surface area contributed by atoms with Crippen LogP contribution in [-0.2, 0) is 48.0 Å². The number of carbonyl (C=O) groups is 5. The van der Waals surface area contributed by atoms with Gasteiger partial charge in [0.15, 0.2) is 0 Å². The number of thioether (sulfide) groups is 2. The normalized spacial score (nSPS) is 11.3. The maximum Gasteiger partial charge on any atom is 0.230 e. The third-order valence-electron chi connectivity index (χ3n) is 7.16. The van der Waals surface area contributed by atoms with Crippen LogP contribution in [0, 0.1) is 5.92 Å². The molecular weight excluding hydrogens is 691 g/mol. The van der Waals surface area contributed by atoms with Crippen molar-refractivity contribution in [3.63, 3.8) is 0 Å². The standard InChI is InChI=1S/C33H63N5O10S2/c1-7-49-25-30(41)34-12-16-38(17-13-35-31(42)26-50-8-2)32(43)10-9-28(39)36-14-19-45-22-21-44-18-11-29(40)37-15-20-46-23-24-47-48-33(5,6)27(3)4/h27H,7-26H2,1-6H3,(H,34,41)(H,35,42)(H,36,39)(H,37,40). The van der Waals surface area contributed by atoms with Gasteiger partial charge in [-0.05, 0) is 31.3 Å². The van der Waals surface area contributed by atoms with Crippen LogP contribution in [-0.4, -0.2) is 149 Å². The molecule has 0 spiro atoms. The number of amides is 5. The molecule has 0 aliphatic heterocycles. The first kappa shape index (κ1) is 47.8. The molecule has 0 rings (SSSR count). The maximum absolute atomic E-state index is 12.9. The van der Waals surface area contributed by atoms with Crippen molar-refractivity contribution in [1.29, 1.82) is 0 Å². The zero-order valence-corrected chi connectivity index (χ0v) is 32.7. The monoisotopic (exact) mass is 753 g/mol. The predicted molar refractivity (Wildman–Crippen MR) is 197 cm³/mol. The summed E-state index contributed by atoms with van der Waals surface area (Å²) < 4.78 is 16.3. The van der Waals surface area contributed by atoms with Gasteiger partial charge in [-0.3, -0.25) is 24.0 Å². The molecule has 292 valence electrons. The van der Waals surface area contributed by atoms with E-state index in [1.807, 2.05) is 27.7 Å². The first-order chi connectivity index (χ1) is 23.9. The molecule has 17 heteroatoms. The molecule has 0 aliphatic rings. The van der Waals surface area contributed by atoms with Crippen LogP contribution < -0.4 is 21.3 Å². The average Bonchev–Trinajstić information content (AvgIpc) is 3.08. The smallest absolute Gasteiger partial charge is 0.230 e. The van der Waals surface area contributed by atoms with Crippen LogP contribution in [0.15, 0.2) is 0 Å². The Labute approximate surface area is 307 Å². The number of carbonyl (C=O) groups excluding carboxylic acids is 5. The van der Waals surface area contributed by atoms with E-state index in [4.69, 9.17) is 24.0 Å². The van der Waals surface area contributed by atoms with Crippen molar-refractivity contribution in [1.82, 2.24) is 26.2 Å². The second-order valence-electron chi connectivity index (χ2n) is 11.8. The van der Waals surface area contributed by atoms with Crippen molar-refractivity contribution in [2.75, 3.05) is 109 Å². The van der Waals surface area contributed by atoms with Crippen LogP contribution in [0.1, 0.15) is 60.8 Å². The summed E-state index contributed by atoms with van der Waals surface area (Å²) in [5, 5.41) is 11.1. The number of hydrogen-bond donors (Lipinski definition) is 4. The Hall–Kier alpha value is -2.15. The Morgan fingerprint density at radius 2 is 1.06 bits per heavy atom. The first-order valence-electron chi connectivity index (χ1n) is 17.5. The van der Waals surface area contributed by atoms with Gasteiger partial charge >= 0.3 is 0 Å². The van der Waals surface area contributed by atoms with Gasteiger partial charge in [0.25, 0.3) is 0 Å². The Balaban J connectivity index is 4.01. The molecule has 0 fully saturated rings. The summed E-state index contributed by atoms with van der Waals surface area (Å²) in [5.74, 6) is 1.85. The van der Waals surface area contributed by atoms with Gasteiger partial charge in [-0.2, -0.15) is 23.5 Å². The van der Waals surface area contributed by atoms with E-state index in [1.165, 1.54) is 23.5 Å². The molecule has 0 aromatic carbocycles. The fourth-order valence-corrected chi connectivity index (χ4v) is 4.55. The minimum Gasteiger partial charge on any atom is -0.379 e. The lowest BCUT2D eigenvalue weighted by molar-refractivity contribution is -0.364. The summed E-state index contributed by atoms with van der Waals surface area (Å²) in [6, 6.07) is 0. The van der Waals surface area contributed by atoms with Crippen LogP contribution in [0.5, 0.6) is 0 Å².